The third kappa shape index (κ3) is 3.59. The Labute approximate surface area is 97.4 Å². The molecular formula is C13H21NO2. The Morgan fingerprint density at radius 3 is 3.12 bits per heavy atom. The van der Waals surface area contributed by atoms with E-state index >= 15 is 0 Å². The standard InChI is InChI=1S/C13H19NO.H2O/c1-12-11-15-9-8-14(12)10-13-6-4-2-3-5-7-13;/h2,4-7,12H,3,8-11H2,1H3;1H2/t12-;/m0./s1. The smallest absolute Gasteiger partial charge is 0.0619 e. The maximum absolute atomic E-state index is 5.43. The highest BCUT2D eigenvalue weighted by Gasteiger charge is 2.18. The van der Waals surface area contributed by atoms with E-state index in [9.17, 15) is 0 Å². The lowest BCUT2D eigenvalue weighted by Crippen LogP contribution is -2.44. The molecule has 0 aromatic heterocycles. The van der Waals surface area contributed by atoms with E-state index in [1.165, 1.54) is 5.57 Å². The lowest BCUT2D eigenvalue weighted by atomic mass is 10.1. The van der Waals surface area contributed by atoms with Crippen LogP contribution in [0.25, 0.3) is 0 Å². The van der Waals surface area contributed by atoms with Crippen LogP contribution in [-0.4, -0.2) is 42.7 Å². The van der Waals surface area contributed by atoms with Crippen LogP contribution in [0.15, 0.2) is 36.0 Å². The molecule has 2 aliphatic rings. The Morgan fingerprint density at radius 2 is 2.31 bits per heavy atom. The van der Waals surface area contributed by atoms with E-state index in [4.69, 9.17) is 4.74 Å². The van der Waals surface area contributed by atoms with Crippen molar-refractivity contribution in [3.63, 3.8) is 0 Å². The first kappa shape index (κ1) is 13.2. The molecule has 3 heteroatoms. The SMILES string of the molecule is C[C@H]1COCCN1CC1=CC=CCC=C1.O. The van der Waals surface area contributed by atoms with Gasteiger partial charge in [0.15, 0.2) is 0 Å². The van der Waals surface area contributed by atoms with Crippen molar-refractivity contribution in [1.29, 1.82) is 0 Å². The number of rotatable bonds is 2. The van der Waals surface area contributed by atoms with Crippen molar-refractivity contribution in [2.75, 3.05) is 26.3 Å². The minimum atomic E-state index is 0. The van der Waals surface area contributed by atoms with Gasteiger partial charge in [-0.05, 0) is 18.9 Å². The molecule has 1 saturated heterocycles. The van der Waals surface area contributed by atoms with Gasteiger partial charge in [0.1, 0.15) is 0 Å². The molecule has 90 valence electrons. The molecule has 0 aromatic rings. The Bertz CT molecular complexity index is 294. The summed E-state index contributed by atoms with van der Waals surface area (Å²) in [6.07, 6.45) is 12.1. The summed E-state index contributed by atoms with van der Waals surface area (Å²) in [6.45, 7) is 6.07. The van der Waals surface area contributed by atoms with Gasteiger partial charge in [-0.2, -0.15) is 0 Å². The molecular weight excluding hydrogens is 202 g/mol. The Hall–Kier alpha value is -0.900. The van der Waals surface area contributed by atoms with E-state index in [2.05, 4.69) is 42.2 Å². The van der Waals surface area contributed by atoms with Gasteiger partial charge in [0.2, 0.25) is 0 Å². The van der Waals surface area contributed by atoms with Crippen molar-refractivity contribution in [3.8, 4) is 0 Å². The third-order valence-electron chi connectivity index (χ3n) is 2.94. The largest absolute Gasteiger partial charge is 0.412 e. The molecule has 0 amide bonds. The van der Waals surface area contributed by atoms with Gasteiger partial charge in [-0.25, -0.2) is 0 Å². The molecule has 1 heterocycles. The summed E-state index contributed by atoms with van der Waals surface area (Å²) in [7, 11) is 0. The molecule has 16 heavy (non-hydrogen) atoms. The van der Waals surface area contributed by atoms with Crippen LogP contribution < -0.4 is 0 Å². The summed E-state index contributed by atoms with van der Waals surface area (Å²) in [5.41, 5.74) is 1.40. The van der Waals surface area contributed by atoms with Crippen molar-refractivity contribution in [1.82, 2.24) is 4.90 Å². The second-order valence-corrected chi connectivity index (χ2v) is 4.20. The van der Waals surface area contributed by atoms with Crippen molar-refractivity contribution in [2.45, 2.75) is 19.4 Å². The fourth-order valence-electron chi connectivity index (χ4n) is 1.96. The summed E-state index contributed by atoms with van der Waals surface area (Å²) >= 11 is 0. The number of allylic oxidation sites excluding steroid dienone is 4. The summed E-state index contributed by atoms with van der Waals surface area (Å²) in [5.74, 6) is 0. The average Bonchev–Trinajstić information content (AvgIpc) is 2.50. The second-order valence-electron chi connectivity index (χ2n) is 4.20. The van der Waals surface area contributed by atoms with E-state index in [1.54, 1.807) is 0 Å². The van der Waals surface area contributed by atoms with Gasteiger partial charge in [-0.15, -0.1) is 0 Å². The quantitative estimate of drug-likeness (QED) is 0.708. The van der Waals surface area contributed by atoms with E-state index in [-0.39, 0.29) is 5.48 Å². The van der Waals surface area contributed by atoms with Gasteiger partial charge in [0.05, 0.1) is 13.2 Å². The molecule has 1 aliphatic carbocycles. The number of ether oxygens (including phenoxy) is 1. The Balaban J connectivity index is 0.00000128. The maximum Gasteiger partial charge on any atom is 0.0619 e. The first-order valence-electron chi connectivity index (χ1n) is 5.70. The van der Waals surface area contributed by atoms with Gasteiger partial charge in [-0.3, -0.25) is 4.90 Å². The van der Waals surface area contributed by atoms with Crippen LogP contribution >= 0.6 is 0 Å². The lowest BCUT2D eigenvalue weighted by Gasteiger charge is -2.33. The van der Waals surface area contributed by atoms with Crippen molar-refractivity contribution in [2.24, 2.45) is 0 Å². The van der Waals surface area contributed by atoms with Crippen LogP contribution in [0.5, 0.6) is 0 Å². The van der Waals surface area contributed by atoms with E-state index < -0.39 is 0 Å². The first-order valence-corrected chi connectivity index (χ1v) is 5.70. The maximum atomic E-state index is 5.43. The average molecular weight is 223 g/mol. The molecule has 0 spiro atoms. The lowest BCUT2D eigenvalue weighted by molar-refractivity contribution is 0.00471. The predicted molar refractivity (Wildman–Crippen MR) is 66.4 cm³/mol. The van der Waals surface area contributed by atoms with Gasteiger partial charge >= 0.3 is 0 Å². The van der Waals surface area contributed by atoms with Gasteiger partial charge < -0.3 is 10.2 Å². The van der Waals surface area contributed by atoms with E-state index in [1.807, 2.05) is 0 Å². The summed E-state index contributed by atoms with van der Waals surface area (Å²) in [6, 6.07) is 0.542. The van der Waals surface area contributed by atoms with Crippen LogP contribution in [-0.2, 0) is 4.74 Å². The summed E-state index contributed by atoms with van der Waals surface area (Å²) in [5, 5.41) is 0. The molecule has 1 atom stereocenters. The zero-order chi connectivity index (χ0) is 10.5. The van der Waals surface area contributed by atoms with E-state index in [0.717, 1.165) is 32.7 Å². The normalized spacial score (nSPS) is 25.8. The van der Waals surface area contributed by atoms with Crippen LogP contribution in [0.1, 0.15) is 13.3 Å². The summed E-state index contributed by atoms with van der Waals surface area (Å²) < 4.78 is 5.43. The zero-order valence-corrected chi connectivity index (χ0v) is 9.86. The van der Waals surface area contributed by atoms with Crippen molar-refractivity contribution >= 4 is 0 Å². The van der Waals surface area contributed by atoms with Crippen LogP contribution in [0.2, 0.25) is 0 Å². The number of nitrogens with zero attached hydrogens (tertiary/aromatic N) is 1. The monoisotopic (exact) mass is 223 g/mol. The highest BCUT2D eigenvalue weighted by atomic mass is 16.5. The van der Waals surface area contributed by atoms with E-state index in [0.29, 0.717) is 6.04 Å². The summed E-state index contributed by atoms with van der Waals surface area (Å²) in [4.78, 5) is 2.48. The molecule has 0 unspecified atom stereocenters. The number of hydrogen-bond acceptors (Lipinski definition) is 2. The molecule has 0 radical (unpaired) electrons. The second kappa shape index (κ2) is 6.63. The Kier molecular flexibility index (Phi) is 5.46. The topological polar surface area (TPSA) is 44.0 Å². The Morgan fingerprint density at radius 1 is 1.44 bits per heavy atom. The predicted octanol–water partition coefficient (Wildman–Crippen LogP) is 1.32. The van der Waals surface area contributed by atoms with Gasteiger partial charge in [0.25, 0.3) is 0 Å². The van der Waals surface area contributed by atoms with Gasteiger partial charge in [0, 0.05) is 19.1 Å². The van der Waals surface area contributed by atoms with Gasteiger partial charge in [-0.1, -0.05) is 30.4 Å². The highest BCUT2D eigenvalue weighted by Crippen LogP contribution is 2.12. The minimum absolute atomic E-state index is 0. The molecule has 0 aromatic carbocycles. The number of hydrogen-bond donors (Lipinski definition) is 0. The van der Waals surface area contributed by atoms with Crippen LogP contribution in [0.4, 0.5) is 0 Å². The first-order chi connectivity index (χ1) is 7.36. The zero-order valence-electron chi connectivity index (χ0n) is 9.86. The molecule has 0 saturated carbocycles. The van der Waals surface area contributed by atoms with Crippen LogP contribution in [0, 0.1) is 0 Å². The highest BCUT2D eigenvalue weighted by molar-refractivity contribution is 5.28. The molecule has 0 bridgehead atoms. The minimum Gasteiger partial charge on any atom is -0.412 e. The molecule has 2 N–H and O–H groups in total. The van der Waals surface area contributed by atoms with Crippen molar-refractivity contribution < 1.29 is 10.2 Å². The van der Waals surface area contributed by atoms with Crippen molar-refractivity contribution in [3.05, 3.63) is 36.0 Å². The third-order valence-corrected chi connectivity index (χ3v) is 2.94. The molecule has 1 fully saturated rings. The molecule has 2 rings (SSSR count). The van der Waals surface area contributed by atoms with Crippen LogP contribution in [0.3, 0.4) is 0 Å². The fraction of sp³-hybridized carbons (Fsp3) is 0.538. The molecule has 3 nitrogen and oxygen atoms in total. The number of morpholine rings is 1. The molecule has 1 aliphatic heterocycles. The fourth-order valence-corrected chi connectivity index (χ4v) is 1.96.